The van der Waals surface area contributed by atoms with Crippen LogP contribution in [0.1, 0.15) is 16.7 Å². The van der Waals surface area contributed by atoms with Gasteiger partial charge in [-0.1, -0.05) is 60.7 Å². The molecule has 30 heavy (non-hydrogen) atoms. The monoisotopic (exact) mass is 531 g/mol. The first-order valence-electron chi connectivity index (χ1n) is 9.31. The zero-order valence-electron chi connectivity index (χ0n) is 16.5. The van der Waals surface area contributed by atoms with Crippen LogP contribution in [0.3, 0.4) is 0 Å². The lowest BCUT2D eigenvalue weighted by Gasteiger charge is -2.13. The zero-order chi connectivity index (χ0) is 21.2. The average Bonchev–Trinajstić information content (AvgIpc) is 2.78. The highest BCUT2D eigenvalue weighted by molar-refractivity contribution is 14.1. The van der Waals surface area contributed by atoms with Gasteiger partial charge in [0.05, 0.1) is 16.9 Å². The molecule has 0 radical (unpaired) electrons. The number of thiocarbonyl (C=S) groups is 1. The fourth-order valence-corrected chi connectivity index (χ4v) is 3.57. The van der Waals surface area contributed by atoms with Gasteiger partial charge >= 0.3 is 0 Å². The van der Waals surface area contributed by atoms with Gasteiger partial charge in [0.15, 0.2) is 16.6 Å². The first-order valence-corrected chi connectivity index (χ1v) is 10.8. The van der Waals surface area contributed by atoms with Crippen LogP contribution in [0.25, 0.3) is 0 Å². The predicted molar refractivity (Wildman–Crippen MR) is 133 cm³/mol. The van der Waals surface area contributed by atoms with E-state index < -0.39 is 0 Å². The van der Waals surface area contributed by atoms with Crippen LogP contribution in [-0.2, 0) is 13.2 Å². The van der Waals surface area contributed by atoms with Crippen molar-refractivity contribution in [2.24, 2.45) is 5.10 Å². The molecule has 0 aromatic heterocycles. The second-order valence-electron chi connectivity index (χ2n) is 6.35. The van der Waals surface area contributed by atoms with E-state index in [2.05, 4.69) is 38.4 Å². The molecule has 0 spiro atoms. The second kappa shape index (κ2) is 11.5. The molecule has 5 nitrogen and oxygen atoms in total. The Morgan fingerprint density at radius 1 is 1.03 bits per heavy atom. The van der Waals surface area contributed by atoms with E-state index in [1.165, 1.54) is 0 Å². The van der Waals surface area contributed by atoms with Crippen molar-refractivity contribution in [1.82, 2.24) is 10.7 Å². The summed E-state index contributed by atoms with van der Waals surface area (Å²) in [5.41, 5.74) is 5.96. The van der Waals surface area contributed by atoms with Gasteiger partial charge in [0.25, 0.3) is 0 Å². The largest absolute Gasteiger partial charge is 0.493 e. The van der Waals surface area contributed by atoms with Crippen molar-refractivity contribution < 1.29 is 9.47 Å². The Kier molecular flexibility index (Phi) is 8.46. The highest BCUT2D eigenvalue weighted by Crippen LogP contribution is 2.34. The van der Waals surface area contributed by atoms with E-state index in [1.54, 1.807) is 13.3 Å². The number of methoxy groups -OCH3 is 1. The van der Waals surface area contributed by atoms with Gasteiger partial charge in [-0.05, 0) is 63.6 Å². The van der Waals surface area contributed by atoms with E-state index >= 15 is 0 Å². The topological polar surface area (TPSA) is 54.9 Å². The molecule has 0 amide bonds. The smallest absolute Gasteiger partial charge is 0.187 e. The highest BCUT2D eigenvalue weighted by Gasteiger charge is 2.11. The molecule has 0 aliphatic carbocycles. The molecule has 0 fully saturated rings. The Morgan fingerprint density at radius 2 is 1.70 bits per heavy atom. The minimum absolute atomic E-state index is 0.458. The molecular weight excluding hydrogens is 509 g/mol. The molecular formula is C23H22IN3O2S. The van der Waals surface area contributed by atoms with Crippen molar-refractivity contribution in [3.05, 3.63) is 93.1 Å². The Balaban J connectivity index is 1.57. The normalized spacial score (nSPS) is 10.6. The number of hydrogen-bond donors (Lipinski definition) is 2. The second-order valence-corrected chi connectivity index (χ2v) is 7.92. The number of hydrazone groups is 1. The van der Waals surface area contributed by atoms with Gasteiger partial charge in [-0.3, -0.25) is 5.43 Å². The maximum atomic E-state index is 5.99. The van der Waals surface area contributed by atoms with Crippen LogP contribution < -0.4 is 20.2 Å². The van der Waals surface area contributed by atoms with E-state index in [0.29, 0.717) is 29.8 Å². The Morgan fingerprint density at radius 3 is 2.37 bits per heavy atom. The van der Waals surface area contributed by atoms with E-state index in [9.17, 15) is 0 Å². The number of benzene rings is 3. The number of rotatable bonds is 8. The maximum Gasteiger partial charge on any atom is 0.187 e. The molecule has 0 aliphatic heterocycles. The lowest BCUT2D eigenvalue weighted by molar-refractivity contribution is 0.282. The molecule has 3 rings (SSSR count). The molecule has 3 aromatic carbocycles. The van der Waals surface area contributed by atoms with Gasteiger partial charge in [-0.25, -0.2) is 0 Å². The minimum atomic E-state index is 0.458. The third-order valence-electron chi connectivity index (χ3n) is 4.15. The molecule has 7 heteroatoms. The molecule has 0 unspecified atom stereocenters. The summed E-state index contributed by atoms with van der Waals surface area (Å²) in [6, 6.07) is 23.9. The van der Waals surface area contributed by atoms with Crippen LogP contribution in [0.5, 0.6) is 11.5 Å². The fraction of sp³-hybridized carbons (Fsp3) is 0.130. The van der Waals surface area contributed by atoms with Gasteiger partial charge in [-0.2, -0.15) is 5.10 Å². The molecule has 0 saturated carbocycles. The standard InChI is InChI=1S/C23H22IN3O2S/c1-28-21-13-19(12-20(24)22(21)29-16-18-10-6-3-7-11-18)15-26-27-23(30)25-14-17-8-4-2-5-9-17/h2-13,15H,14,16H2,1H3,(H2,25,27,30)/b26-15+. The highest BCUT2D eigenvalue weighted by atomic mass is 127. The van der Waals surface area contributed by atoms with Crippen LogP contribution in [0, 0.1) is 3.57 Å². The van der Waals surface area contributed by atoms with Crippen LogP contribution in [0.4, 0.5) is 0 Å². The van der Waals surface area contributed by atoms with Crippen molar-refractivity contribution in [2.75, 3.05) is 7.11 Å². The Labute approximate surface area is 195 Å². The zero-order valence-corrected chi connectivity index (χ0v) is 19.4. The number of nitrogens with zero attached hydrogens (tertiary/aromatic N) is 1. The molecule has 3 aromatic rings. The SMILES string of the molecule is COc1cc(/C=N/NC(=S)NCc2ccccc2)cc(I)c1OCc1ccccc1. The van der Waals surface area contributed by atoms with Gasteiger partial charge in [0.1, 0.15) is 6.61 Å². The van der Waals surface area contributed by atoms with Crippen molar-refractivity contribution in [3.63, 3.8) is 0 Å². The quantitative estimate of drug-likeness (QED) is 0.188. The van der Waals surface area contributed by atoms with E-state index in [0.717, 1.165) is 20.3 Å². The summed E-state index contributed by atoms with van der Waals surface area (Å²) >= 11 is 7.50. The maximum absolute atomic E-state index is 5.99. The fourth-order valence-electron chi connectivity index (χ4n) is 2.67. The van der Waals surface area contributed by atoms with Crippen LogP contribution in [0.2, 0.25) is 0 Å². The third-order valence-corrected chi connectivity index (χ3v) is 5.19. The number of nitrogens with one attached hydrogen (secondary N) is 2. The van der Waals surface area contributed by atoms with Crippen LogP contribution >= 0.6 is 34.8 Å². The van der Waals surface area contributed by atoms with Crippen molar-refractivity contribution in [2.45, 2.75) is 13.2 Å². The third kappa shape index (κ3) is 6.70. The molecule has 0 heterocycles. The van der Waals surface area contributed by atoms with Gasteiger partial charge in [0.2, 0.25) is 0 Å². The van der Waals surface area contributed by atoms with Crippen molar-refractivity contribution in [1.29, 1.82) is 0 Å². The van der Waals surface area contributed by atoms with Gasteiger partial charge in [-0.15, -0.1) is 0 Å². The van der Waals surface area contributed by atoms with E-state index in [4.69, 9.17) is 21.7 Å². The minimum Gasteiger partial charge on any atom is -0.493 e. The van der Waals surface area contributed by atoms with Gasteiger partial charge in [0, 0.05) is 6.54 Å². The summed E-state index contributed by atoms with van der Waals surface area (Å²) in [5.74, 6) is 1.37. The number of halogens is 1. The Bertz CT molecular complexity index is 998. The lowest BCUT2D eigenvalue weighted by atomic mass is 10.2. The van der Waals surface area contributed by atoms with Crippen LogP contribution in [0.15, 0.2) is 77.9 Å². The molecule has 0 aliphatic rings. The summed E-state index contributed by atoms with van der Waals surface area (Å²) in [6.07, 6.45) is 1.70. The van der Waals surface area contributed by atoms with Crippen molar-refractivity contribution >= 4 is 46.1 Å². The summed E-state index contributed by atoms with van der Waals surface area (Å²) in [5, 5.41) is 7.79. The first-order chi connectivity index (χ1) is 14.7. The van der Waals surface area contributed by atoms with E-state index in [1.807, 2.05) is 72.8 Å². The summed E-state index contributed by atoms with van der Waals surface area (Å²) in [7, 11) is 1.63. The van der Waals surface area contributed by atoms with E-state index in [-0.39, 0.29) is 0 Å². The molecule has 2 N–H and O–H groups in total. The molecule has 0 bridgehead atoms. The molecule has 154 valence electrons. The predicted octanol–water partition coefficient (Wildman–Crippen LogP) is 4.88. The average molecular weight is 531 g/mol. The summed E-state index contributed by atoms with van der Waals surface area (Å²) in [6.45, 7) is 1.12. The first kappa shape index (κ1) is 22.0. The summed E-state index contributed by atoms with van der Waals surface area (Å²) in [4.78, 5) is 0. The lowest BCUT2D eigenvalue weighted by Crippen LogP contribution is -2.31. The molecule has 0 atom stereocenters. The Hall–Kier alpha value is -2.65. The molecule has 0 saturated heterocycles. The summed E-state index contributed by atoms with van der Waals surface area (Å²) < 4.78 is 12.5. The van der Waals surface area contributed by atoms with Crippen LogP contribution in [-0.4, -0.2) is 18.4 Å². The number of hydrogen-bond acceptors (Lipinski definition) is 4. The van der Waals surface area contributed by atoms with Crippen molar-refractivity contribution in [3.8, 4) is 11.5 Å². The number of ether oxygens (including phenoxy) is 2. The van der Waals surface area contributed by atoms with Gasteiger partial charge < -0.3 is 14.8 Å².